The van der Waals surface area contributed by atoms with Crippen LogP contribution in [0.4, 0.5) is 11.4 Å². The second kappa shape index (κ2) is 7.14. The monoisotopic (exact) mass is 296 g/mol. The Kier molecular flexibility index (Phi) is 5.24. The van der Waals surface area contributed by atoms with Gasteiger partial charge in [-0.1, -0.05) is 0 Å². The maximum Gasteiger partial charge on any atom is 0.253 e. The number of carbonyl (C=O) groups excluding carboxylic acids is 1. The molecule has 7 nitrogen and oxygen atoms in total. The van der Waals surface area contributed by atoms with Crippen LogP contribution in [0.15, 0.2) is 12.1 Å². The third kappa shape index (κ3) is 3.99. The number of nitrogens with two attached hydrogens (primary N) is 1. The lowest BCUT2D eigenvalue weighted by Crippen LogP contribution is -2.29. The van der Waals surface area contributed by atoms with Gasteiger partial charge in [0.1, 0.15) is 6.10 Å². The maximum absolute atomic E-state index is 12.0. The van der Waals surface area contributed by atoms with Crippen LogP contribution in [0.5, 0.6) is 11.5 Å². The van der Waals surface area contributed by atoms with E-state index in [1.165, 1.54) is 0 Å². The first-order chi connectivity index (χ1) is 10.1. The van der Waals surface area contributed by atoms with E-state index in [1.807, 2.05) is 6.92 Å². The molecule has 0 aliphatic carbocycles. The van der Waals surface area contributed by atoms with Crippen molar-refractivity contribution in [2.24, 2.45) is 0 Å². The molecule has 3 N–H and O–H groups in total. The Morgan fingerprint density at radius 3 is 2.81 bits per heavy atom. The zero-order chi connectivity index (χ0) is 15.2. The van der Waals surface area contributed by atoms with Gasteiger partial charge in [-0.05, 0) is 13.8 Å². The molecule has 1 aromatic carbocycles. The van der Waals surface area contributed by atoms with Gasteiger partial charge in [0.15, 0.2) is 11.5 Å². The summed E-state index contributed by atoms with van der Waals surface area (Å²) in [6, 6.07) is 3.26. The maximum atomic E-state index is 12.0. The molecule has 1 atom stereocenters. The van der Waals surface area contributed by atoms with Gasteiger partial charge in [0.2, 0.25) is 6.79 Å². The van der Waals surface area contributed by atoms with Crippen molar-refractivity contribution in [3.8, 4) is 11.5 Å². The summed E-state index contributed by atoms with van der Waals surface area (Å²) in [4.78, 5) is 12.0. The van der Waals surface area contributed by atoms with Crippen molar-refractivity contribution in [1.29, 1.82) is 0 Å². The van der Waals surface area contributed by atoms with Crippen molar-refractivity contribution in [2.75, 3.05) is 37.7 Å². The molecule has 1 aromatic rings. The van der Waals surface area contributed by atoms with E-state index in [4.69, 9.17) is 24.7 Å². The Hall–Kier alpha value is -1.99. The molecule has 0 aromatic heterocycles. The highest BCUT2D eigenvalue weighted by atomic mass is 16.7. The number of carbonyl (C=O) groups is 1. The van der Waals surface area contributed by atoms with Crippen LogP contribution in [0.1, 0.15) is 13.8 Å². The number of hydrogen-bond donors (Lipinski definition) is 2. The molecule has 21 heavy (non-hydrogen) atoms. The van der Waals surface area contributed by atoms with Crippen molar-refractivity contribution in [3.05, 3.63) is 12.1 Å². The Morgan fingerprint density at radius 2 is 2.10 bits per heavy atom. The van der Waals surface area contributed by atoms with E-state index in [2.05, 4.69) is 5.32 Å². The van der Waals surface area contributed by atoms with Gasteiger partial charge in [-0.3, -0.25) is 4.79 Å². The molecular formula is C14H20N2O5. The molecule has 1 unspecified atom stereocenters. The van der Waals surface area contributed by atoms with Crippen molar-refractivity contribution in [3.63, 3.8) is 0 Å². The third-order valence-corrected chi connectivity index (χ3v) is 2.97. The Morgan fingerprint density at radius 1 is 1.38 bits per heavy atom. The lowest BCUT2D eigenvalue weighted by atomic mass is 10.2. The van der Waals surface area contributed by atoms with Crippen LogP contribution in [0.3, 0.4) is 0 Å². The number of anilines is 2. The molecule has 0 bridgehead atoms. The zero-order valence-corrected chi connectivity index (χ0v) is 12.2. The predicted molar refractivity (Wildman–Crippen MR) is 77.5 cm³/mol. The highest BCUT2D eigenvalue weighted by Crippen LogP contribution is 2.38. The number of rotatable bonds is 7. The quantitative estimate of drug-likeness (QED) is 0.583. The van der Waals surface area contributed by atoms with Crippen molar-refractivity contribution in [1.82, 2.24) is 0 Å². The minimum absolute atomic E-state index is 0.156. The first-order valence-corrected chi connectivity index (χ1v) is 6.81. The van der Waals surface area contributed by atoms with Crippen LogP contribution in [-0.2, 0) is 14.3 Å². The molecule has 0 radical (unpaired) electrons. The number of ether oxygens (including phenoxy) is 4. The molecule has 0 saturated carbocycles. The molecule has 1 amide bonds. The van der Waals surface area contributed by atoms with Crippen molar-refractivity contribution >= 4 is 17.3 Å². The minimum atomic E-state index is -0.602. The summed E-state index contributed by atoms with van der Waals surface area (Å²) in [5.74, 6) is 0.855. The van der Waals surface area contributed by atoms with Gasteiger partial charge in [0, 0.05) is 18.7 Å². The van der Waals surface area contributed by atoms with Crippen molar-refractivity contribution < 1.29 is 23.7 Å². The first kappa shape index (κ1) is 15.4. The van der Waals surface area contributed by atoms with Crippen LogP contribution in [0.25, 0.3) is 0 Å². The number of hydrogen-bond acceptors (Lipinski definition) is 6. The van der Waals surface area contributed by atoms with Gasteiger partial charge in [-0.15, -0.1) is 0 Å². The number of amides is 1. The third-order valence-electron chi connectivity index (χ3n) is 2.97. The van der Waals surface area contributed by atoms with Gasteiger partial charge < -0.3 is 30.0 Å². The topological polar surface area (TPSA) is 92.0 Å². The summed E-state index contributed by atoms with van der Waals surface area (Å²) in [7, 11) is 0. The fourth-order valence-corrected chi connectivity index (χ4v) is 1.80. The SMILES string of the molecule is CCOCCOC(C)C(=O)Nc1cc2c(cc1N)OCO2. The summed E-state index contributed by atoms with van der Waals surface area (Å²) in [5.41, 5.74) is 6.76. The molecule has 1 aliphatic heterocycles. The predicted octanol–water partition coefficient (Wildman–Crippen LogP) is 1.38. The van der Waals surface area contributed by atoms with E-state index >= 15 is 0 Å². The minimum Gasteiger partial charge on any atom is -0.454 e. The van der Waals surface area contributed by atoms with Crippen LogP contribution in [0.2, 0.25) is 0 Å². The zero-order valence-electron chi connectivity index (χ0n) is 12.2. The average molecular weight is 296 g/mol. The summed E-state index contributed by atoms with van der Waals surface area (Å²) in [5, 5.41) is 2.72. The van der Waals surface area contributed by atoms with Crippen LogP contribution in [-0.4, -0.2) is 38.6 Å². The normalized spacial score (nSPS) is 14.0. The van der Waals surface area contributed by atoms with Crippen LogP contribution >= 0.6 is 0 Å². The van der Waals surface area contributed by atoms with E-state index in [0.717, 1.165) is 0 Å². The number of fused-ring (bicyclic) bond motifs is 1. The Labute approximate surface area is 123 Å². The molecule has 0 fully saturated rings. The standard InChI is InChI=1S/C14H20N2O5/c1-3-18-4-5-19-9(2)14(17)16-11-7-13-12(6-10(11)15)20-8-21-13/h6-7,9H,3-5,8,15H2,1-2H3,(H,16,17). The summed E-state index contributed by atoms with van der Waals surface area (Å²) >= 11 is 0. The van der Waals surface area contributed by atoms with Crippen molar-refractivity contribution in [2.45, 2.75) is 20.0 Å². The molecule has 2 rings (SSSR count). The molecule has 1 heterocycles. The largest absolute Gasteiger partial charge is 0.454 e. The molecule has 0 saturated heterocycles. The lowest BCUT2D eigenvalue weighted by Gasteiger charge is -2.14. The average Bonchev–Trinajstić information content (AvgIpc) is 2.90. The highest BCUT2D eigenvalue weighted by Gasteiger charge is 2.19. The molecule has 1 aliphatic rings. The molecule has 7 heteroatoms. The van der Waals surface area contributed by atoms with E-state index in [0.29, 0.717) is 42.7 Å². The first-order valence-electron chi connectivity index (χ1n) is 6.81. The fraction of sp³-hybridized carbons (Fsp3) is 0.500. The van der Waals surface area contributed by atoms with Gasteiger partial charge in [0.25, 0.3) is 5.91 Å². The molecule has 116 valence electrons. The molecule has 0 spiro atoms. The van der Waals surface area contributed by atoms with E-state index < -0.39 is 6.10 Å². The lowest BCUT2D eigenvalue weighted by molar-refractivity contribution is -0.127. The van der Waals surface area contributed by atoms with E-state index in [9.17, 15) is 4.79 Å². The van der Waals surface area contributed by atoms with Crippen LogP contribution < -0.4 is 20.5 Å². The number of nitrogen functional groups attached to an aromatic ring is 1. The van der Waals surface area contributed by atoms with E-state index in [1.54, 1.807) is 19.1 Å². The van der Waals surface area contributed by atoms with E-state index in [-0.39, 0.29) is 12.7 Å². The van der Waals surface area contributed by atoms with Gasteiger partial charge in [0.05, 0.1) is 24.6 Å². The second-order valence-electron chi connectivity index (χ2n) is 4.49. The summed E-state index contributed by atoms with van der Waals surface area (Å²) in [6.45, 7) is 5.17. The van der Waals surface area contributed by atoms with Gasteiger partial charge in [-0.25, -0.2) is 0 Å². The summed E-state index contributed by atoms with van der Waals surface area (Å²) < 4.78 is 21.0. The molecular weight excluding hydrogens is 276 g/mol. The fourth-order valence-electron chi connectivity index (χ4n) is 1.80. The Bertz CT molecular complexity index is 506. The number of nitrogens with one attached hydrogen (secondary N) is 1. The number of benzene rings is 1. The van der Waals surface area contributed by atoms with Gasteiger partial charge >= 0.3 is 0 Å². The van der Waals surface area contributed by atoms with Crippen LogP contribution in [0, 0.1) is 0 Å². The summed E-state index contributed by atoms with van der Waals surface area (Å²) in [6.07, 6.45) is -0.602. The smallest absolute Gasteiger partial charge is 0.253 e. The highest BCUT2D eigenvalue weighted by molar-refractivity contribution is 5.97. The second-order valence-corrected chi connectivity index (χ2v) is 4.49. The van der Waals surface area contributed by atoms with Gasteiger partial charge in [-0.2, -0.15) is 0 Å². The Balaban J connectivity index is 1.90.